The second kappa shape index (κ2) is 9.91. The van der Waals surface area contributed by atoms with Crippen molar-refractivity contribution in [2.75, 3.05) is 44.3 Å². The number of aromatic nitrogens is 2. The fraction of sp³-hybridized carbons (Fsp3) is 0.375. The van der Waals surface area contributed by atoms with E-state index in [1.165, 1.54) is 18.8 Å². The highest BCUT2D eigenvalue weighted by molar-refractivity contribution is 6.31. The van der Waals surface area contributed by atoms with Gasteiger partial charge in [0.2, 0.25) is 0 Å². The number of likely N-dealkylation sites (tertiary alicyclic amines) is 1. The number of aromatic amines is 1. The van der Waals surface area contributed by atoms with Crippen LogP contribution in [0.15, 0.2) is 66.7 Å². The van der Waals surface area contributed by atoms with E-state index < -0.39 is 0 Å². The number of nitrogens with one attached hydrogen (secondary N) is 2. The summed E-state index contributed by atoms with van der Waals surface area (Å²) < 4.78 is 5.35. The lowest BCUT2D eigenvalue weighted by atomic mass is 9.71. The van der Waals surface area contributed by atoms with Gasteiger partial charge in [0.05, 0.1) is 36.5 Å². The molecule has 206 valence electrons. The Bertz CT molecular complexity index is 1550. The van der Waals surface area contributed by atoms with E-state index in [0.29, 0.717) is 22.0 Å². The molecule has 4 heterocycles. The molecule has 3 aromatic carbocycles. The SMILES string of the molecule is CC(C)C(NC(=O)c1ccc2[nH]nc(-c3ccc(N4CC5(C4)CN(C4COC4)C5)cc3)c2c1)c1ccccc1Cl. The second-order valence-corrected chi connectivity index (χ2v) is 12.5. The largest absolute Gasteiger partial charge is 0.378 e. The molecule has 3 saturated heterocycles. The average Bonchev–Trinajstić information content (AvgIpc) is 3.30. The Morgan fingerprint density at radius 1 is 1.05 bits per heavy atom. The van der Waals surface area contributed by atoms with Crippen molar-refractivity contribution < 1.29 is 9.53 Å². The van der Waals surface area contributed by atoms with E-state index in [1.54, 1.807) is 0 Å². The Morgan fingerprint density at radius 3 is 2.48 bits per heavy atom. The second-order valence-electron chi connectivity index (χ2n) is 12.0. The maximum atomic E-state index is 13.4. The van der Waals surface area contributed by atoms with Crippen LogP contribution in [0.2, 0.25) is 5.02 Å². The molecule has 0 bridgehead atoms. The van der Waals surface area contributed by atoms with Crippen LogP contribution in [0.25, 0.3) is 22.2 Å². The number of rotatable bonds is 7. The van der Waals surface area contributed by atoms with Gasteiger partial charge in [0.25, 0.3) is 5.91 Å². The van der Waals surface area contributed by atoms with Crippen LogP contribution < -0.4 is 10.2 Å². The van der Waals surface area contributed by atoms with Crippen molar-refractivity contribution in [3.63, 3.8) is 0 Å². The van der Waals surface area contributed by atoms with Gasteiger partial charge in [-0.1, -0.05) is 55.8 Å². The number of anilines is 1. The Hall–Kier alpha value is -3.39. The van der Waals surface area contributed by atoms with Crippen LogP contribution in [0, 0.1) is 11.3 Å². The highest BCUT2D eigenvalue weighted by Gasteiger charge is 2.54. The van der Waals surface area contributed by atoms with Gasteiger partial charge in [-0.05, 0) is 47.9 Å². The molecule has 0 saturated carbocycles. The van der Waals surface area contributed by atoms with Gasteiger partial charge in [-0.25, -0.2) is 0 Å². The van der Waals surface area contributed by atoms with E-state index in [0.717, 1.165) is 54.0 Å². The zero-order valence-electron chi connectivity index (χ0n) is 22.9. The van der Waals surface area contributed by atoms with Crippen LogP contribution in [-0.4, -0.2) is 66.4 Å². The van der Waals surface area contributed by atoms with Gasteiger partial charge < -0.3 is 15.0 Å². The summed E-state index contributed by atoms with van der Waals surface area (Å²) in [4.78, 5) is 18.4. The van der Waals surface area contributed by atoms with Crippen LogP contribution >= 0.6 is 11.6 Å². The highest BCUT2D eigenvalue weighted by Crippen LogP contribution is 2.43. The van der Waals surface area contributed by atoms with Gasteiger partial charge in [0, 0.05) is 58.8 Å². The summed E-state index contributed by atoms with van der Waals surface area (Å²) in [7, 11) is 0. The predicted molar refractivity (Wildman–Crippen MR) is 159 cm³/mol. The molecular formula is C32H34ClN5O2. The maximum Gasteiger partial charge on any atom is 0.251 e. The molecule has 1 unspecified atom stereocenters. The highest BCUT2D eigenvalue weighted by atomic mass is 35.5. The molecule has 8 heteroatoms. The van der Waals surface area contributed by atoms with Crippen molar-refractivity contribution in [3.05, 3.63) is 82.9 Å². The van der Waals surface area contributed by atoms with E-state index in [4.69, 9.17) is 16.3 Å². The zero-order valence-corrected chi connectivity index (χ0v) is 23.6. The standard InChI is InChI=1S/C32H34ClN5O2/c1-20(2)29(25-5-3-4-6-27(25)33)34-31(39)22-9-12-28-26(13-22)30(36-35-28)21-7-10-23(11-8-21)37-16-32(17-37)18-38(19-32)24-14-40-15-24/h3-13,20,24,29H,14-19H2,1-2H3,(H,34,39)(H,35,36). The van der Waals surface area contributed by atoms with Crippen LogP contribution in [0.5, 0.6) is 0 Å². The summed E-state index contributed by atoms with van der Waals surface area (Å²) in [6.45, 7) is 10.6. The van der Waals surface area contributed by atoms with Crippen molar-refractivity contribution in [1.82, 2.24) is 20.4 Å². The predicted octanol–water partition coefficient (Wildman–Crippen LogP) is 5.53. The van der Waals surface area contributed by atoms with E-state index in [9.17, 15) is 4.79 Å². The van der Waals surface area contributed by atoms with Crippen LogP contribution in [-0.2, 0) is 4.74 Å². The number of ether oxygens (including phenoxy) is 1. The summed E-state index contributed by atoms with van der Waals surface area (Å²) in [6, 6.07) is 22.5. The molecule has 1 spiro atoms. The molecule has 7 rings (SSSR count). The van der Waals surface area contributed by atoms with Crippen molar-refractivity contribution in [1.29, 1.82) is 0 Å². The van der Waals surface area contributed by atoms with E-state index in [-0.39, 0.29) is 17.9 Å². The Kier molecular flexibility index (Phi) is 6.33. The lowest BCUT2D eigenvalue weighted by Crippen LogP contribution is -2.75. The van der Waals surface area contributed by atoms with E-state index >= 15 is 0 Å². The smallest absolute Gasteiger partial charge is 0.251 e. The third kappa shape index (κ3) is 4.46. The Morgan fingerprint density at radius 2 is 1.80 bits per heavy atom. The van der Waals surface area contributed by atoms with Crippen LogP contribution in [0.3, 0.4) is 0 Å². The van der Waals surface area contributed by atoms with Gasteiger partial charge in [0.1, 0.15) is 0 Å². The van der Waals surface area contributed by atoms with Gasteiger partial charge in [0.15, 0.2) is 0 Å². The molecule has 1 aromatic heterocycles. The first-order valence-electron chi connectivity index (χ1n) is 14.1. The molecule has 0 aliphatic carbocycles. The number of hydrogen-bond acceptors (Lipinski definition) is 5. The molecule has 40 heavy (non-hydrogen) atoms. The number of amides is 1. The molecule has 4 aromatic rings. The van der Waals surface area contributed by atoms with Gasteiger partial charge in [-0.3, -0.25) is 14.8 Å². The molecule has 2 N–H and O–H groups in total. The molecular weight excluding hydrogens is 522 g/mol. The zero-order chi connectivity index (χ0) is 27.4. The number of hydrogen-bond donors (Lipinski definition) is 2. The van der Waals surface area contributed by atoms with Gasteiger partial charge >= 0.3 is 0 Å². The molecule has 0 radical (unpaired) electrons. The first-order chi connectivity index (χ1) is 19.4. The number of fused-ring (bicyclic) bond motifs is 1. The molecule has 3 aliphatic rings. The minimum absolute atomic E-state index is 0.130. The summed E-state index contributed by atoms with van der Waals surface area (Å²) in [5.41, 5.74) is 6.01. The first kappa shape index (κ1) is 25.6. The lowest BCUT2D eigenvalue weighted by molar-refractivity contribution is -0.137. The quantitative estimate of drug-likeness (QED) is 0.314. The minimum atomic E-state index is -0.191. The van der Waals surface area contributed by atoms with Gasteiger partial charge in [-0.15, -0.1) is 0 Å². The Labute approximate surface area is 239 Å². The number of halogens is 1. The fourth-order valence-corrected chi connectivity index (χ4v) is 6.67. The number of nitrogens with zero attached hydrogens (tertiary/aromatic N) is 3. The summed E-state index contributed by atoms with van der Waals surface area (Å²) in [5, 5.41) is 12.5. The number of carbonyl (C=O) groups is 1. The molecule has 1 amide bonds. The summed E-state index contributed by atoms with van der Waals surface area (Å²) in [5.74, 6) is 0.0477. The third-order valence-electron chi connectivity index (χ3n) is 8.79. The minimum Gasteiger partial charge on any atom is -0.378 e. The number of benzene rings is 3. The number of carbonyl (C=O) groups excluding carboxylic acids is 1. The molecule has 3 fully saturated rings. The monoisotopic (exact) mass is 555 g/mol. The van der Waals surface area contributed by atoms with Crippen LogP contribution in [0.4, 0.5) is 5.69 Å². The fourth-order valence-electron chi connectivity index (χ4n) is 6.41. The Balaban J connectivity index is 1.06. The topological polar surface area (TPSA) is 73.5 Å². The molecule has 7 nitrogen and oxygen atoms in total. The average molecular weight is 556 g/mol. The third-order valence-corrected chi connectivity index (χ3v) is 9.14. The summed E-state index contributed by atoms with van der Waals surface area (Å²) >= 11 is 6.46. The van der Waals surface area contributed by atoms with Crippen molar-refractivity contribution >= 4 is 34.1 Å². The maximum absolute atomic E-state index is 13.4. The van der Waals surface area contributed by atoms with E-state index in [2.05, 4.69) is 63.4 Å². The molecule has 1 atom stereocenters. The van der Waals surface area contributed by atoms with Crippen LogP contribution in [0.1, 0.15) is 35.8 Å². The normalized spacial score (nSPS) is 19.4. The number of H-pyrrole nitrogens is 1. The van der Waals surface area contributed by atoms with Crippen molar-refractivity contribution in [3.8, 4) is 11.3 Å². The van der Waals surface area contributed by atoms with E-state index in [1.807, 2.05) is 42.5 Å². The van der Waals surface area contributed by atoms with Crippen molar-refractivity contribution in [2.24, 2.45) is 11.3 Å². The molecule has 3 aliphatic heterocycles. The van der Waals surface area contributed by atoms with Crippen molar-refractivity contribution in [2.45, 2.75) is 25.9 Å². The summed E-state index contributed by atoms with van der Waals surface area (Å²) in [6.07, 6.45) is 0. The lowest BCUT2D eigenvalue weighted by Gasteiger charge is -2.63. The first-order valence-corrected chi connectivity index (χ1v) is 14.5. The van der Waals surface area contributed by atoms with Gasteiger partial charge in [-0.2, -0.15) is 5.10 Å².